The van der Waals surface area contributed by atoms with Gasteiger partial charge in [-0.3, -0.25) is 4.79 Å². The molecule has 0 aromatic heterocycles. The Bertz CT molecular complexity index is 929. The van der Waals surface area contributed by atoms with E-state index in [0.29, 0.717) is 18.7 Å². The van der Waals surface area contributed by atoms with Crippen LogP contribution in [0.1, 0.15) is 17.5 Å². The summed E-state index contributed by atoms with van der Waals surface area (Å²) in [6.07, 6.45) is 0.465. The van der Waals surface area contributed by atoms with E-state index >= 15 is 0 Å². The minimum Gasteiger partial charge on any atom is -0.484 e. The van der Waals surface area contributed by atoms with E-state index in [2.05, 4.69) is 15.9 Å². The highest BCUT2D eigenvalue weighted by Crippen LogP contribution is 2.22. The number of amides is 1. The molecular weight excluding hydrogens is 430 g/mol. The maximum Gasteiger partial charge on any atom is 0.261 e. The van der Waals surface area contributed by atoms with Gasteiger partial charge in [0, 0.05) is 17.1 Å². The monoisotopic (exact) mass is 451 g/mol. The lowest BCUT2D eigenvalue weighted by molar-refractivity contribution is -0.136. The van der Waals surface area contributed by atoms with Gasteiger partial charge < -0.3 is 9.64 Å². The average molecular weight is 452 g/mol. The molecule has 0 N–H and O–H groups in total. The van der Waals surface area contributed by atoms with E-state index in [4.69, 9.17) is 4.74 Å². The first-order chi connectivity index (χ1) is 12.8. The molecule has 2 aromatic carbocycles. The molecule has 1 aliphatic heterocycles. The summed E-state index contributed by atoms with van der Waals surface area (Å²) in [5, 5.41) is 0. The second-order valence-electron chi connectivity index (χ2n) is 6.76. The fourth-order valence-corrected chi connectivity index (χ4v) is 5.39. The fraction of sp³-hybridized carbons (Fsp3) is 0.350. The minimum atomic E-state index is -3.09. The van der Waals surface area contributed by atoms with Gasteiger partial charge in [0.1, 0.15) is 5.75 Å². The van der Waals surface area contributed by atoms with Gasteiger partial charge in [0.2, 0.25) is 0 Å². The van der Waals surface area contributed by atoms with E-state index < -0.39 is 9.84 Å². The lowest BCUT2D eigenvalue weighted by Gasteiger charge is -2.28. The molecule has 1 atom stereocenters. The number of para-hydroxylation sites is 1. The molecule has 1 amide bonds. The molecule has 0 unspecified atom stereocenters. The van der Waals surface area contributed by atoms with Crippen molar-refractivity contribution in [3.63, 3.8) is 0 Å². The number of carbonyl (C=O) groups excluding carboxylic acids is 1. The summed E-state index contributed by atoms with van der Waals surface area (Å²) < 4.78 is 30.5. The van der Waals surface area contributed by atoms with Crippen molar-refractivity contribution in [2.24, 2.45) is 0 Å². The lowest BCUT2D eigenvalue weighted by Crippen LogP contribution is -2.43. The standard InChI is InChI=1S/C20H22BrNO4S/c1-15-5-2-3-8-19(15)26-13-20(23)22(18-9-10-27(24,25)14-18)12-16-6-4-7-17(21)11-16/h2-8,11,18H,9-10,12-14H2,1H3/t18-/m0/s1. The lowest BCUT2D eigenvalue weighted by atomic mass is 10.1. The van der Waals surface area contributed by atoms with Crippen LogP contribution in [0.5, 0.6) is 5.75 Å². The summed E-state index contributed by atoms with van der Waals surface area (Å²) in [6.45, 7) is 2.16. The first-order valence-electron chi connectivity index (χ1n) is 8.77. The van der Waals surface area contributed by atoms with E-state index in [1.807, 2.05) is 55.5 Å². The second-order valence-corrected chi connectivity index (χ2v) is 9.91. The number of nitrogens with zero attached hydrogens (tertiary/aromatic N) is 1. The average Bonchev–Trinajstić information content (AvgIpc) is 2.98. The van der Waals surface area contributed by atoms with Crippen LogP contribution in [0.4, 0.5) is 0 Å². The van der Waals surface area contributed by atoms with Gasteiger partial charge in [-0.05, 0) is 42.7 Å². The third kappa shape index (κ3) is 5.32. The van der Waals surface area contributed by atoms with Gasteiger partial charge in [0.05, 0.1) is 11.5 Å². The maximum absolute atomic E-state index is 12.9. The number of hydrogen-bond donors (Lipinski definition) is 0. The zero-order valence-electron chi connectivity index (χ0n) is 15.1. The summed E-state index contributed by atoms with van der Waals surface area (Å²) in [7, 11) is -3.09. The van der Waals surface area contributed by atoms with Crippen molar-refractivity contribution in [2.45, 2.75) is 25.9 Å². The quantitative estimate of drug-likeness (QED) is 0.675. The smallest absolute Gasteiger partial charge is 0.261 e. The molecule has 1 aliphatic rings. The third-order valence-electron chi connectivity index (χ3n) is 4.66. The van der Waals surface area contributed by atoms with Crippen molar-refractivity contribution in [1.29, 1.82) is 0 Å². The van der Waals surface area contributed by atoms with Crippen LogP contribution in [-0.2, 0) is 21.2 Å². The number of rotatable bonds is 6. The van der Waals surface area contributed by atoms with Crippen LogP contribution < -0.4 is 4.74 Å². The Morgan fingerprint density at radius 1 is 1.22 bits per heavy atom. The SMILES string of the molecule is Cc1ccccc1OCC(=O)N(Cc1cccc(Br)c1)[C@H]1CCS(=O)(=O)C1. The van der Waals surface area contributed by atoms with Crippen molar-refractivity contribution in [3.05, 3.63) is 64.1 Å². The molecule has 144 valence electrons. The van der Waals surface area contributed by atoms with Crippen LogP contribution in [0.15, 0.2) is 53.0 Å². The van der Waals surface area contributed by atoms with Crippen molar-refractivity contribution in [2.75, 3.05) is 18.1 Å². The van der Waals surface area contributed by atoms with Gasteiger partial charge in [0.15, 0.2) is 16.4 Å². The predicted molar refractivity (Wildman–Crippen MR) is 108 cm³/mol. The van der Waals surface area contributed by atoms with E-state index in [1.54, 1.807) is 4.90 Å². The molecule has 1 heterocycles. The highest BCUT2D eigenvalue weighted by Gasteiger charge is 2.34. The zero-order valence-corrected chi connectivity index (χ0v) is 17.5. The van der Waals surface area contributed by atoms with Crippen molar-refractivity contribution in [1.82, 2.24) is 4.90 Å². The van der Waals surface area contributed by atoms with Gasteiger partial charge in [-0.2, -0.15) is 0 Å². The maximum atomic E-state index is 12.9. The summed E-state index contributed by atoms with van der Waals surface area (Å²) in [5.41, 5.74) is 1.89. The van der Waals surface area contributed by atoms with E-state index in [9.17, 15) is 13.2 Å². The summed E-state index contributed by atoms with van der Waals surface area (Å²) >= 11 is 3.44. The van der Waals surface area contributed by atoms with Crippen LogP contribution in [0.2, 0.25) is 0 Å². The van der Waals surface area contributed by atoms with Crippen LogP contribution in [0.25, 0.3) is 0 Å². The van der Waals surface area contributed by atoms with E-state index in [0.717, 1.165) is 15.6 Å². The highest BCUT2D eigenvalue weighted by atomic mass is 79.9. The molecule has 0 radical (unpaired) electrons. The minimum absolute atomic E-state index is 0.0110. The number of ether oxygens (including phenoxy) is 1. The van der Waals surface area contributed by atoms with Crippen molar-refractivity contribution < 1.29 is 17.9 Å². The van der Waals surface area contributed by atoms with E-state index in [-0.39, 0.29) is 30.1 Å². The normalized spacial score (nSPS) is 18.2. The predicted octanol–water partition coefficient (Wildman–Crippen LogP) is 3.35. The zero-order chi connectivity index (χ0) is 19.4. The second kappa shape index (κ2) is 8.44. The number of carbonyl (C=O) groups is 1. The molecule has 2 aromatic rings. The Morgan fingerprint density at radius 3 is 2.67 bits per heavy atom. The Morgan fingerprint density at radius 2 is 2.00 bits per heavy atom. The first kappa shape index (κ1) is 19.9. The van der Waals surface area contributed by atoms with E-state index in [1.165, 1.54) is 0 Å². The summed E-state index contributed by atoms with van der Waals surface area (Å²) in [6, 6.07) is 14.9. The van der Waals surface area contributed by atoms with Crippen LogP contribution >= 0.6 is 15.9 Å². The van der Waals surface area contributed by atoms with Gasteiger partial charge in [-0.25, -0.2) is 8.42 Å². The number of hydrogen-bond acceptors (Lipinski definition) is 4. The summed E-state index contributed by atoms with van der Waals surface area (Å²) in [4.78, 5) is 14.6. The van der Waals surface area contributed by atoms with Gasteiger partial charge in [0.25, 0.3) is 5.91 Å². The number of aryl methyl sites for hydroxylation is 1. The van der Waals surface area contributed by atoms with Gasteiger partial charge >= 0.3 is 0 Å². The first-order valence-corrected chi connectivity index (χ1v) is 11.4. The van der Waals surface area contributed by atoms with Gasteiger partial charge in [-0.1, -0.05) is 46.3 Å². The van der Waals surface area contributed by atoms with Gasteiger partial charge in [-0.15, -0.1) is 0 Å². The molecule has 1 fully saturated rings. The third-order valence-corrected chi connectivity index (χ3v) is 6.90. The number of benzene rings is 2. The Balaban J connectivity index is 1.76. The highest BCUT2D eigenvalue weighted by molar-refractivity contribution is 9.10. The molecule has 0 bridgehead atoms. The topological polar surface area (TPSA) is 63.7 Å². The van der Waals surface area contributed by atoms with Crippen molar-refractivity contribution >= 4 is 31.7 Å². The largest absolute Gasteiger partial charge is 0.484 e. The number of halogens is 1. The Kier molecular flexibility index (Phi) is 6.22. The molecule has 3 rings (SSSR count). The van der Waals surface area contributed by atoms with Crippen LogP contribution in [0, 0.1) is 6.92 Å². The molecule has 1 saturated heterocycles. The fourth-order valence-electron chi connectivity index (χ4n) is 3.21. The molecule has 0 saturated carbocycles. The Labute approximate surface area is 168 Å². The van der Waals surface area contributed by atoms with Crippen molar-refractivity contribution in [3.8, 4) is 5.75 Å². The molecular formula is C20H22BrNO4S. The molecule has 5 nitrogen and oxygen atoms in total. The number of sulfone groups is 1. The van der Waals surface area contributed by atoms with Crippen LogP contribution in [0.3, 0.4) is 0 Å². The van der Waals surface area contributed by atoms with Crippen LogP contribution in [-0.4, -0.2) is 43.4 Å². The Hall–Kier alpha value is -1.86. The molecule has 27 heavy (non-hydrogen) atoms. The molecule has 0 aliphatic carbocycles. The summed E-state index contributed by atoms with van der Waals surface area (Å²) in [5.74, 6) is 0.586. The molecule has 0 spiro atoms. The molecule has 7 heteroatoms.